The van der Waals surface area contributed by atoms with Crippen molar-refractivity contribution in [1.82, 2.24) is 0 Å². The lowest BCUT2D eigenvalue weighted by Gasteiger charge is -2.15. The van der Waals surface area contributed by atoms with Gasteiger partial charge in [-0.1, -0.05) is 76.0 Å². The van der Waals surface area contributed by atoms with E-state index < -0.39 is 6.10 Å². The van der Waals surface area contributed by atoms with Crippen LogP contribution in [0.5, 0.6) is 11.5 Å². The number of hydrogen-bond acceptors (Lipinski definition) is 4. The number of halogens is 2. The van der Waals surface area contributed by atoms with E-state index in [0.717, 1.165) is 6.42 Å². The maximum Gasteiger partial charge on any atom is 0.311 e. The van der Waals surface area contributed by atoms with Gasteiger partial charge in [-0.15, -0.1) is 0 Å². The van der Waals surface area contributed by atoms with Gasteiger partial charge in [-0.3, -0.25) is 4.79 Å². The molecule has 0 amide bonds. The lowest BCUT2D eigenvalue weighted by molar-refractivity contribution is -0.149. The van der Waals surface area contributed by atoms with E-state index in [0.29, 0.717) is 17.1 Å². The summed E-state index contributed by atoms with van der Waals surface area (Å²) in [6, 6.07) is 18.6. The average molecular weight is 521 g/mol. The fraction of sp³-hybridized carbons (Fsp3) is 0.391. The van der Waals surface area contributed by atoms with Crippen LogP contribution in [0.2, 0.25) is 0 Å². The maximum atomic E-state index is 12.8. The first-order valence-electron chi connectivity index (χ1n) is 9.42. The van der Waals surface area contributed by atoms with Crippen LogP contribution in [-0.2, 0) is 9.53 Å². The zero-order chi connectivity index (χ0) is 21.2. The van der Waals surface area contributed by atoms with Crippen molar-refractivity contribution in [2.75, 3.05) is 0 Å². The van der Waals surface area contributed by atoms with Gasteiger partial charge < -0.3 is 9.47 Å². The molecule has 3 unspecified atom stereocenters. The number of nitriles is 1. The molecule has 0 N–H and O–H groups in total. The smallest absolute Gasteiger partial charge is 0.311 e. The predicted molar refractivity (Wildman–Crippen MR) is 119 cm³/mol. The number of hydrogen-bond donors (Lipinski definition) is 0. The van der Waals surface area contributed by atoms with Gasteiger partial charge in [0.05, 0.1) is 9.15 Å². The number of para-hydroxylation sites is 1. The first kappa shape index (κ1) is 21.9. The molecule has 0 aromatic heterocycles. The van der Waals surface area contributed by atoms with E-state index >= 15 is 0 Å². The molecule has 4 nitrogen and oxygen atoms in total. The summed E-state index contributed by atoms with van der Waals surface area (Å²) in [5.74, 6) is 0.918. The molecule has 2 aromatic carbocycles. The monoisotopic (exact) mass is 519 g/mol. The van der Waals surface area contributed by atoms with Crippen LogP contribution >= 0.6 is 31.9 Å². The minimum atomic E-state index is -0.974. The zero-order valence-electron chi connectivity index (χ0n) is 16.6. The Hall–Kier alpha value is -1.84. The van der Waals surface area contributed by atoms with Crippen LogP contribution in [0.25, 0.3) is 0 Å². The Morgan fingerprint density at radius 3 is 2.45 bits per heavy atom. The number of benzene rings is 2. The molecule has 1 aliphatic rings. The Bertz CT molecular complexity index is 916. The van der Waals surface area contributed by atoms with Gasteiger partial charge in [0.25, 0.3) is 0 Å². The van der Waals surface area contributed by atoms with Gasteiger partial charge in [-0.2, -0.15) is 5.26 Å². The summed E-state index contributed by atoms with van der Waals surface area (Å²) in [4.78, 5) is 12.8. The van der Waals surface area contributed by atoms with Crippen molar-refractivity contribution < 1.29 is 14.3 Å². The second kappa shape index (κ2) is 8.49. The van der Waals surface area contributed by atoms with Crippen molar-refractivity contribution in [3.8, 4) is 17.6 Å². The van der Waals surface area contributed by atoms with E-state index in [4.69, 9.17) is 9.47 Å². The number of alkyl halides is 2. The van der Waals surface area contributed by atoms with E-state index in [9.17, 15) is 10.1 Å². The molecule has 0 radical (unpaired) electrons. The molecular formula is C23H23Br2NO3. The van der Waals surface area contributed by atoms with Crippen LogP contribution in [0.15, 0.2) is 54.6 Å². The van der Waals surface area contributed by atoms with Crippen LogP contribution in [0.1, 0.15) is 38.9 Å². The van der Waals surface area contributed by atoms with Crippen molar-refractivity contribution in [2.45, 2.75) is 36.5 Å². The van der Waals surface area contributed by atoms with E-state index in [2.05, 4.69) is 51.8 Å². The van der Waals surface area contributed by atoms with Gasteiger partial charge in [-0.05, 0) is 48.9 Å². The number of ether oxygens (including phenoxy) is 2. The van der Waals surface area contributed by atoms with Crippen LogP contribution in [0, 0.1) is 28.6 Å². The molecule has 1 saturated carbocycles. The van der Waals surface area contributed by atoms with E-state index in [1.165, 1.54) is 0 Å². The number of esters is 1. The quantitative estimate of drug-likeness (QED) is 0.299. The zero-order valence-corrected chi connectivity index (χ0v) is 19.7. The largest absolute Gasteiger partial charge is 0.457 e. The third kappa shape index (κ3) is 5.40. The highest BCUT2D eigenvalue weighted by molar-refractivity contribution is 9.25. The van der Waals surface area contributed by atoms with Gasteiger partial charge in [0, 0.05) is 5.56 Å². The number of carbonyl (C=O) groups excluding carboxylic acids is 1. The van der Waals surface area contributed by atoms with Crippen LogP contribution < -0.4 is 4.74 Å². The topological polar surface area (TPSA) is 59.3 Å². The first-order chi connectivity index (χ1) is 13.6. The van der Waals surface area contributed by atoms with Crippen LogP contribution in [-0.4, -0.2) is 9.20 Å². The molecule has 0 spiro atoms. The third-order valence-electron chi connectivity index (χ3n) is 5.37. The van der Waals surface area contributed by atoms with Gasteiger partial charge >= 0.3 is 5.97 Å². The molecule has 2 aromatic rings. The minimum absolute atomic E-state index is 0.155. The van der Waals surface area contributed by atoms with Gasteiger partial charge in [0.1, 0.15) is 17.6 Å². The molecule has 6 heteroatoms. The molecule has 29 heavy (non-hydrogen) atoms. The van der Waals surface area contributed by atoms with Crippen molar-refractivity contribution in [2.24, 2.45) is 17.3 Å². The van der Waals surface area contributed by atoms with Crippen molar-refractivity contribution in [3.05, 3.63) is 60.2 Å². The summed E-state index contributed by atoms with van der Waals surface area (Å²) in [5.41, 5.74) is 0.438. The Kier molecular flexibility index (Phi) is 6.40. The molecule has 152 valence electrons. The molecule has 1 fully saturated rings. The Labute approximate surface area is 188 Å². The fourth-order valence-corrected chi connectivity index (χ4v) is 4.40. The standard InChI is InChI=1S/C23H23Br2NO3/c1-22(2)18(13-23(3,24)25)20(22)21(27)29-19(14-26)15-8-7-11-17(12-15)28-16-9-5-4-6-10-16/h4-12,18-20H,13H2,1-3H3. The van der Waals surface area contributed by atoms with Gasteiger partial charge in [-0.25, -0.2) is 0 Å². The normalized spacial score (nSPS) is 21.0. The highest BCUT2D eigenvalue weighted by Crippen LogP contribution is 2.63. The maximum absolute atomic E-state index is 12.8. The highest BCUT2D eigenvalue weighted by Gasteiger charge is 2.63. The second-order valence-electron chi connectivity index (χ2n) is 8.11. The van der Waals surface area contributed by atoms with Gasteiger partial charge in [0.15, 0.2) is 0 Å². The Balaban J connectivity index is 1.70. The molecule has 0 saturated heterocycles. The summed E-state index contributed by atoms with van der Waals surface area (Å²) in [6.07, 6.45) is -0.185. The van der Waals surface area contributed by atoms with Gasteiger partial charge in [0.2, 0.25) is 6.10 Å². The minimum Gasteiger partial charge on any atom is -0.457 e. The molecule has 0 aliphatic heterocycles. The van der Waals surface area contributed by atoms with Crippen LogP contribution in [0.4, 0.5) is 0 Å². The number of carbonyl (C=O) groups is 1. The molecule has 0 heterocycles. The van der Waals surface area contributed by atoms with Crippen molar-refractivity contribution >= 4 is 37.8 Å². The highest BCUT2D eigenvalue weighted by atomic mass is 79.9. The van der Waals surface area contributed by atoms with E-state index in [1.54, 1.807) is 24.3 Å². The van der Waals surface area contributed by atoms with Crippen molar-refractivity contribution in [3.63, 3.8) is 0 Å². The summed E-state index contributed by atoms with van der Waals surface area (Å²) in [6.45, 7) is 6.14. The van der Waals surface area contributed by atoms with E-state index in [-0.39, 0.29) is 26.5 Å². The first-order valence-corrected chi connectivity index (χ1v) is 11.0. The molecule has 3 atom stereocenters. The summed E-state index contributed by atoms with van der Waals surface area (Å²) in [7, 11) is 0. The van der Waals surface area contributed by atoms with Crippen LogP contribution in [0.3, 0.4) is 0 Å². The summed E-state index contributed by atoms with van der Waals surface area (Å²) in [5, 5.41) is 9.61. The number of nitrogens with zero attached hydrogens (tertiary/aromatic N) is 1. The second-order valence-corrected chi connectivity index (χ2v) is 12.7. The molecular weight excluding hydrogens is 498 g/mol. The third-order valence-corrected chi connectivity index (χ3v) is 6.02. The Morgan fingerprint density at radius 1 is 1.17 bits per heavy atom. The Morgan fingerprint density at radius 2 is 1.83 bits per heavy atom. The van der Waals surface area contributed by atoms with Crippen molar-refractivity contribution in [1.29, 1.82) is 5.26 Å². The fourth-order valence-electron chi connectivity index (χ4n) is 3.70. The SMILES string of the molecule is CC(Br)(Br)CC1C(C(=O)OC(C#N)c2cccc(Oc3ccccc3)c2)C1(C)C. The summed E-state index contributed by atoms with van der Waals surface area (Å²) >= 11 is 7.16. The lowest BCUT2D eigenvalue weighted by atomic mass is 10.1. The predicted octanol–water partition coefficient (Wildman–Crippen LogP) is 6.76. The summed E-state index contributed by atoms with van der Waals surface area (Å²) < 4.78 is 11.2. The molecule has 3 rings (SSSR count). The number of rotatable bonds is 7. The lowest BCUT2D eigenvalue weighted by Crippen LogP contribution is -2.15. The average Bonchev–Trinajstić information content (AvgIpc) is 3.18. The molecule has 1 aliphatic carbocycles. The molecule has 0 bridgehead atoms. The van der Waals surface area contributed by atoms with E-state index in [1.807, 2.05) is 37.3 Å².